The second-order valence-corrected chi connectivity index (χ2v) is 6.90. The Balaban J connectivity index is 2.06. The van der Waals surface area contributed by atoms with Gasteiger partial charge in [-0.2, -0.15) is 0 Å². The molecule has 0 aliphatic heterocycles. The van der Waals surface area contributed by atoms with Gasteiger partial charge in [0.25, 0.3) is 0 Å². The van der Waals surface area contributed by atoms with Crippen LogP contribution in [0, 0.1) is 6.92 Å². The third kappa shape index (κ3) is 3.81. The quantitative estimate of drug-likeness (QED) is 0.853. The lowest BCUT2D eigenvalue weighted by Gasteiger charge is -2.17. The molecular weight excluding hydrogens is 322 g/mol. The van der Waals surface area contributed by atoms with Gasteiger partial charge in [-0.1, -0.05) is 17.7 Å². The number of thiophene rings is 1. The van der Waals surface area contributed by atoms with Crippen LogP contribution in [-0.4, -0.2) is 7.11 Å². The number of aryl methyl sites for hydroxylation is 1. The molecule has 0 spiro atoms. The maximum absolute atomic E-state index is 5.43. The van der Waals surface area contributed by atoms with Gasteiger partial charge in [-0.25, -0.2) is 0 Å². The van der Waals surface area contributed by atoms with E-state index in [1.54, 1.807) is 18.4 Å². The van der Waals surface area contributed by atoms with Crippen LogP contribution in [0.25, 0.3) is 0 Å². The first-order valence-electron chi connectivity index (χ1n) is 6.21. The number of ether oxygens (including phenoxy) is 1. The molecule has 1 aromatic heterocycles. The summed E-state index contributed by atoms with van der Waals surface area (Å²) in [5, 5.41) is 5.70. The Morgan fingerprint density at radius 2 is 2.16 bits per heavy atom. The lowest BCUT2D eigenvalue weighted by atomic mass is 10.0. The normalized spacial score (nSPS) is 12.4. The molecule has 0 aliphatic rings. The fraction of sp³-hybridized carbons (Fsp3) is 0.333. The average molecular weight is 340 g/mol. The molecule has 0 bridgehead atoms. The van der Waals surface area contributed by atoms with Crippen molar-refractivity contribution >= 4 is 27.3 Å². The molecule has 0 amide bonds. The first-order chi connectivity index (χ1) is 9.10. The van der Waals surface area contributed by atoms with Crippen LogP contribution < -0.4 is 10.1 Å². The van der Waals surface area contributed by atoms with Crippen molar-refractivity contribution < 1.29 is 4.74 Å². The summed E-state index contributed by atoms with van der Waals surface area (Å²) < 4.78 is 6.60. The zero-order chi connectivity index (χ0) is 13.8. The van der Waals surface area contributed by atoms with E-state index in [0.717, 1.165) is 12.3 Å². The summed E-state index contributed by atoms with van der Waals surface area (Å²) in [5.41, 5.74) is 3.76. The first-order valence-corrected chi connectivity index (χ1v) is 7.88. The Hall–Kier alpha value is -0.840. The fourth-order valence-corrected chi connectivity index (χ4v) is 3.22. The van der Waals surface area contributed by atoms with Crippen LogP contribution in [0.15, 0.2) is 33.4 Å². The molecule has 1 unspecified atom stereocenters. The van der Waals surface area contributed by atoms with Crippen LogP contribution in [0.2, 0.25) is 0 Å². The maximum atomic E-state index is 5.43. The van der Waals surface area contributed by atoms with Gasteiger partial charge in [0.15, 0.2) is 0 Å². The monoisotopic (exact) mass is 339 g/mol. The smallest absolute Gasteiger partial charge is 0.123 e. The molecule has 1 aromatic carbocycles. The van der Waals surface area contributed by atoms with Crippen molar-refractivity contribution in [2.45, 2.75) is 26.4 Å². The van der Waals surface area contributed by atoms with E-state index < -0.39 is 0 Å². The molecule has 102 valence electrons. The predicted octanol–water partition coefficient (Wildman–Crippen LogP) is 4.68. The molecule has 2 nitrogen and oxygen atoms in total. The maximum Gasteiger partial charge on any atom is 0.123 e. The van der Waals surface area contributed by atoms with Crippen molar-refractivity contribution in [1.29, 1.82) is 0 Å². The number of benzene rings is 1. The third-order valence-corrected chi connectivity index (χ3v) is 4.64. The molecule has 0 aliphatic carbocycles. The predicted molar refractivity (Wildman–Crippen MR) is 85.0 cm³/mol. The van der Waals surface area contributed by atoms with Crippen molar-refractivity contribution in [1.82, 2.24) is 5.32 Å². The van der Waals surface area contributed by atoms with Crippen LogP contribution in [0.3, 0.4) is 0 Å². The van der Waals surface area contributed by atoms with Crippen LogP contribution in [0.1, 0.15) is 29.7 Å². The van der Waals surface area contributed by atoms with Crippen molar-refractivity contribution in [3.63, 3.8) is 0 Å². The second kappa shape index (κ2) is 6.55. The highest BCUT2D eigenvalue weighted by Gasteiger charge is 2.11. The van der Waals surface area contributed by atoms with E-state index in [2.05, 4.69) is 58.7 Å². The molecule has 1 heterocycles. The SMILES string of the molecule is COc1ccc(C)cc1C(C)NCc1csc(Br)c1. The fourth-order valence-electron chi connectivity index (χ4n) is 2.01. The number of hydrogen-bond acceptors (Lipinski definition) is 3. The molecule has 1 atom stereocenters. The summed E-state index contributed by atoms with van der Waals surface area (Å²) in [6.45, 7) is 5.13. The molecule has 0 radical (unpaired) electrons. The van der Waals surface area contributed by atoms with Gasteiger partial charge in [-0.05, 0) is 52.9 Å². The van der Waals surface area contributed by atoms with Gasteiger partial charge in [-0.15, -0.1) is 11.3 Å². The van der Waals surface area contributed by atoms with Gasteiger partial charge < -0.3 is 10.1 Å². The Bertz CT molecular complexity index is 553. The highest BCUT2D eigenvalue weighted by Crippen LogP contribution is 2.27. The summed E-state index contributed by atoms with van der Waals surface area (Å²) in [5.74, 6) is 0.942. The average Bonchev–Trinajstić information content (AvgIpc) is 2.81. The van der Waals surface area contributed by atoms with E-state index in [-0.39, 0.29) is 6.04 Å². The second-order valence-electron chi connectivity index (χ2n) is 4.61. The van der Waals surface area contributed by atoms with E-state index in [4.69, 9.17) is 4.74 Å². The number of hydrogen-bond donors (Lipinski definition) is 1. The molecule has 0 saturated carbocycles. The van der Waals surface area contributed by atoms with Crippen LogP contribution in [0.5, 0.6) is 5.75 Å². The van der Waals surface area contributed by atoms with Crippen LogP contribution >= 0.6 is 27.3 Å². The Morgan fingerprint density at radius 3 is 2.79 bits per heavy atom. The molecular formula is C15H18BrNOS. The minimum Gasteiger partial charge on any atom is -0.496 e. The number of halogens is 1. The van der Waals surface area contributed by atoms with Gasteiger partial charge in [0, 0.05) is 18.2 Å². The summed E-state index contributed by atoms with van der Waals surface area (Å²) >= 11 is 5.20. The van der Waals surface area contributed by atoms with E-state index in [0.29, 0.717) is 0 Å². The van der Waals surface area contributed by atoms with Gasteiger partial charge in [0.05, 0.1) is 10.9 Å². The molecule has 2 rings (SSSR count). The van der Waals surface area contributed by atoms with Gasteiger partial charge in [0.1, 0.15) is 5.75 Å². The topological polar surface area (TPSA) is 21.3 Å². The van der Waals surface area contributed by atoms with Gasteiger partial charge in [0.2, 0.25) is 0 Å². The molecule has 1 N–H and O–H groups in total. The standard InChI is InChI=1S/C15H18BrNOS/c1-10-4-5-14(18-3)13(6-10)11(2)17-8-12-7-15(16)19-9-12/h4-7,9,11,17H,8H2,1-3H3. The van der Waals surface area contributed by atoms with Crippen molar-refractivity contribution in [3.8, 4) is 5.75 Å². The highest BCUT2D eigenvalue weighted by atomic mass is 79.9. The number of methoxy groups -OCH3 is 1. The van der Waals surface area contributed by atoms with E-state index in [1.165, 1.54) is 20.5 Å². The lowest BCUT2D eigenvalue weighted by Crippen LogP contribution is -2.18. The van der Waals surface area contributed by atoms with E-state index in [1.807, 2.05) is 6.07 Å². The van der Waals surface area contributed by atoms with E-state index >= 15 is 0 Å². The summed E-state index contributed by atoms with van der Waals surface area (Å²) in [7, 11) is 1.72. The Kier molecular flexibility index (Phi) is 5.02. The zero-order valence-corrected chi connectivity index (χ0v) is 13.8. The highest BCUT2D eigenvalue weighted by molar-refractivity contribution is 9.11. The van der Waals surface area contributed by atoms with E-state index in [9.17, 15) is 0 Å². The summed E-state index contributed by atoms with van der Waals surface area (Å²) in [6.07, 6.45) is 0. The van der Waals surface area contributed by atoms with Crippen LogP contribution in [0.4, 0.5) is 0 Å². The minimum absolute atomic E-state index is 0.258. The van der Waals surface area contributed by atoms with Crippen molar-refractivity contribution in [3.05, 3.63) is 50.1 Å². The lowest BCUT2D eigenvalue weighted by molar-refractivity contribution is 0.401. The summed E-state index contributed by atoms with van der Waals surface area (Å²) in [4.78, 5) is 0. The molecule has 0 fully saturated rings. The van der Waals surface area contributed by atoms with Crippen molar-refractivity contribution in [2.24, 2.45) is 0 Å². The minimum atomic E-state index is 0.258. The zero-order valence-electron chi connectivity index (χ0n) is 11.4. The molecule has 19 heavy (non-hydrogen) atoms. The molecule has 4 heteroatoms. The first kappa shape index (κ1) is 14.6. The molecule has 2 aromatic rings. The van der Waals surface area contributed by atoms with Crippen molar-refractivity contribution in [2.75, 3.05) is 7.11 Å². The molecule has 0 saturated heterocycles. The largest absolute Gasteiger partial charge is 0.496 e. The van der Waals surface area contributed by atoms with Crippen LogP contribution in [-0.2, 0) is 6.54 Å². The summed E-state index contributed by atoms with van der Waals surface area (Å²) in [6, 6.07) is 8.70. The van der Waals surface area contributed by atoms with Gasteiger partial charge in [-0.3, -0.25) is 0 Å². The number of nitrogens with one attached hydrogen (secondary N) is 1. The third-order valence-electron chi connectivity index (χ3n) is 3.09. The Morgan fingerprint density at radius 1 is 1.37 bits per heavy atom. The Labute approximate surface area is 126 Å². The van der Waals surface area contributed by atoms with Gasteiger partial charge >= 0.3 is 0 Å². The number of rotatable bonds is 5.